The van der Waals surface area contributed by atoms with Gasteiger partial charge in [-0.05, 0) is 48.5 Å². The topological polar surface area (TPSA) is 93.8 Å². The summed E-state index contributed by atoms with van der Waals surface area (Å²) in [6, 6.07) is 31.3. The summed E-state index contributed by atoms with van der Waals surface area (Å²) in [5, 5.41) is 16.2. The zero-order valence-corrected chi connectivity index (χ0v) is 18.3. The van der Waals surface area contributed by atoms with Crippen molar-refractivity contribution in [3.63, 3.8) is 0 Å². The second-order valence-electron chi connectivity index (χ2n) is 7.03. The molecule has 0 saturated carbocycles. The van der Waals surface area contributed by atoms with Gasteiger partial charge in [-0.25, -0.2) is 0 Å². The molecule has 4 rings (SSSR count). The zero-order valence-electron chi connectivity index (χ0n) is 17.4. The number of anilines is 1. The number of nitrogens with one attached hydrogen (secondary N) is 1. The largest absolute Gasteiger partial charge is 0.436 e. The predicted molar refractivity (Wildman–Crippen MR) is 131 cm³/mol. The fourth-order valence-electron chi connectivity index (χ4n) is 3.15. The summed E-state index contributed by atoms with van der Waals surface area (Å²) in [6.07, 6.45) is 1.55. The first-order valence-electron chi connectivity index (χ1n) is 10.1. The van der Waals surface area contributed by atoms with Gasteiger partial charge in [0, 0.05) is 17.7 Å². The van der Waals surface area contributed by atoms with Crippen molar-refractivity contribution in [2.45, 2.75) is 0 Å². The molecule has 0 saturated heterocycles. The van der Waals surface area contributed by atoms with Gasteiger partial charge in [-0.15, -0.1) is 0 Å². The van der Waals surface area contributed by atoms with E-state index in [9.17, 15) is 14.7 Å². The highest BCUT2D eigenvalue weighted by molar-refractivity contribution is 7.74. The van der Waals surface area contributed by atoms with Crippen molar-refractivity contribution >= 4 is 35.6 Å². The molecular formula is C25H20N3O4P. The van der Waals surface area contributed by atoms with E-state index in [1.807, 2.05) is 42.5 Å². The average molecular weight is 457 g/mol. The Bertz CT molecular complexity index is 1270. The second-order valence-corrected chi connectivity index (χ2v) is 9.34. The van der Waals surface area contributed by atoms with Crippen molar-refractivity contribution < 1.29 is 14.0 Å². The maximum absolute atomic E-state index is 14.2. The van der Waals surface area contributed by atoms with E-state index in [2.05, 4.69) is 10.5 Å². The van der Waals surface area contributed by atoms with Gasteiger partial charge in [-0.1, -0.05) is 48.5 Å². The molecule has 4 aromatic rings. The average Bonchev–Trinajstić information content (AvgIpc) is 2.86. The Labute approximate surface area is 191 Å². The quantitative estimate of drug-likeness (QED) is 0.167. The van der Waals surface area contributed by atoms with Gasteiger partial charge in [0.2, 0.25) is 0 Å². The number of hydrogen-bond acceptors (Lipinski definition) is 6. The predicted octanol–water partition coefficient (Wildman–Crippen LogP) is 5.35. The lowest BCUT2D eigenvalue weighted by molar-refractivity contribution is -0.384. The number of hydrazone groups is 1. The molecule has 33 heavy (non-hydrogen) atoms. The molecule has 0 radical (unpaired) electrons. The highest BCUT2D eigenvalue weighted by Gasteiger charge is 2.30. The minimum Gasteiger partial charge on any atom is -0.436 e. The van der Waals surface area contributed by atoms with E-state index < -0.39 is 12.3 Å². The molecule has 0 amide bonds. The van der Waals surface area contributed by atoms with E-state index in [1.165, 1.54) is 12.1 Å². The number of nitro benzene ring substituents is 1. The van der Waals surface area contributed by atoms with E-state index in [4.69, 9.17) is 4.52 Å². The summed E-state index contributed by atoms with van der Waals surface area (Å²) < 4.78 is 20.4. The molecule has 1 N–H and O–H groups in total. The van der Waals surface area contributed by atoms with Crippen LogP contribution in [0.15, 0.2) is 114 Å². The second kappa shape index (κ2) is 9.94. The normalized spacial score (nSPS) is 11.3. The van der Waals surface area contributed by atoms with Gasteiger partial charge in [0.25, 0.3) is 5.69 Å². The first-order valence-corrected chi connectivity index (χ1v) is 11.7. The number of nitro groups is 1. The number of nitrogens with zero attached hydrogens (tertiary/aromatic N) is 2. The monoisotopic (exact) mass is 457 g/mol. The molecule has 8 heteroatoms. The van der Waals surface area contributed by atoms with E-state index in [-0.39, 0.29) is 5.69 Å². The van der Waals surface area contributed by atoms with Crippen molar-refractivity contribution in [1.82, 2.24) is 0 Å². The fourth-order valence-corrected chi connectivity index (χ4v) is 5.23. The van der Waals surface area contributed by atoms with Gasteiger partial charge in [0.1, 0.15) is 5.75 Å². The Balaban J connectivity index is 1.61. The van der Waals surface area contributed by atoms with Crippen molar-refractivity contribution in [2.24, 2.45) is 5.10 Å². The van der Waals surface area contributed by atoms with Crippen LogP contribution in [0, 0.1) is 10.1 Å². The van der Waals surface area contributed by atoms with E-state index in [0.29, 0.717) is 27.6 Å². The van der Waals surface area contributed by atoms with Gasteiger partial charge in [-0.3, -0.25) is 20.1 Å². The van der Waals surface area contributed by atoms with E-state index in [0.717, 1.165) is 0 Å². The molecule has 164 valence electrons. The standard InChI is InChI=1S/C25H20N3O4P/c29-28(30)22-17-15-21(16-18-22)27-26-19-20-9-7-8-14-25(20)32-33(31,23-10-3-1-4-11-23)24-12-5-2-6-13-24/h1-19,27H/b26-19-. The summed E-state index contributed by atoms with van der Waals surface area (Å²) in [4.78, 5) is 10.3. The molecule has 0 fully saturated rings. The van der Waals surface area contributed by atoms with Crippen molar-refractivity contribution in [3.05, 3.63) is 125 Å². The molecule has 0 spiro atoms. The maximum Gasteiger partial charge on any atom is 0.306 e. The first kappa shape index (κ1) is 22.0. The fraction of sp³-hybridized carbons (Fsp3) is 0. The molecule has 0 aliphatic rings. The molecule has 0 aromatic heterocycles. The van der Waals surface area contributed by atoms with Crippen molar-refractivity contribution in [1.29, 1.82) is 0 Å². The number of benzene rings is 4. The number of hydrogen-bond donors (Lipinski definition) is 1. The third-order valence-electron chi connectivity index (χ3n) is 4.81. The lowest BCUT2D eigenvalue weighted by Crippen LogP contribution is -2.20. The Kier molecular flexibility index (Phi) is 6.62. The third-order valence-corrected chi connectivity index (χ3v) is 7.22. The molecule has 0 unspecified atom stereocenters. The number of para-hydroxylation sites is 1. The highest BCUT2D eigenvalue weighted by Crippen LogP contribution is 2.45. The van der Waals surface area contributed by atoms with E-state index in [1.54, 1.807) is 60.8 Å². The molecule has 0 aliphatic heterocycles. The third kappa shape index (κ3) is 5.17. The van der Waals surface area contributed by atoms with E-state index >= 15 is 0 Å². The Hall–Kier alpha value is -4.22. The smallest absolute Gasteiger partial charge is 0.306 e. The first-order chi connectivity index (χ1) is 16.1. The Morgan fingerprint density at radius 2 is 1.33 bits per heavy atom. The van der Waals surface area contributed by atoms with Crippen molar-refractivity contribution in [3.8, 4) is 5.75 Å². The molecule has 0 atom stereocenters. The molecule has 0 heterocycles. The Morgan fingerprint density at radius 3 is 1.91 bits per heavy atom. The van der Waals surface area contributed by atoms with Gasteiger partial charge in [-0.2, -0.15) is 5.10 Å². The van der Waals surface area contributed by atoms with Crippen LogP contribution in [0.3, 0.4) is 0 Å². The lowest BCUT2D eigenvalue weighted by atomic mass is 10.2. The lowest BCUT2D eigenvalue weighted by Gasteiger charge is -2.21. The zero-order chi connectivity index (χ0) is 23.1. The van der Waals surface area contributed by atoms with Crippen LogP contribution in [0.1, 0.15) is 5.56 Å². The minimum atomic E-state index is -3.42. The van der Waals surface area contributed by atoms with Crippen LogP contribution < -0.4 is 20.6 Å². The van der Waals surface area contributed by atoms with Gasteiger partial charge in [0.15, 0.2) is 0 Å². The summed E-state index contributed by atoms with van der Waals surface area (Å²) in [7, 11) is -3.42. The maximum atomic E-state index is 14.2. The molecule has 4 aromatic carbocycles. The summed E-state index contributed by atoms with van der Waals surface area (Å²) >= 11 is 0. The van der Waals surface area contributed by atoms with Gasteiger partial charge in [0.05, 0.1) is 27.4 Å². The SMILES string of the molecule is O=[N+]([O-])c1ccc(N/N=C\c2ccccc2OP(=O)(c2ccccc2)c2ccccc2)cc1. The minimum absolute atomic E-state index is 0.000789. The van der Waals surface area contributed by atoms with Crippen LogP contribution in [0.2, 0.25) is 0 Å². The van der Waals surface area contributed by atoms with Crippen LogP contribution in [0.4, 0.5) is 11.4 Å². The molecule has 0 aliphatic carbocycles. The summed E-state index contributed by atoms with van der Waals surface area (Å²) in [6.45, 7) is 0. The summed E-state index contributed by atoms with van der Waals surface area (Å²) in [5.41, 5.74) is 4.05. The summed E-state index contributed by atoms with van der Waals surface area (Å²) in [5.74, 6) is 0.419. The van der Waals surface area contributed by atoms with Crippen molar-refractivity contribution in [2.75, 3.05) is 5.43 Å². The van der Waals surface area contributed by atoms with Crippen LogP contribution >= 0.6 is 7.37 Å². The highest BCUT2D eigenvalue weighted by atomic mass is 31.2. The van der Waals surface area contributed by atoms with Crippen LogP contribution in [-0.2, 0) is 4.57 Å². The molecular weight excluding hydrogens is 437 g/mol. The van der Waals surface area contributed by atoms with Crippen LogP contribution in [0.5, 0.6) is 5.75 Å². The molecule has 0 bridgehead atoms. The Morgan fingerprint density at radius 1 is 0.788 bits per heavy atom. The number of rotatable bonds is 8. The van der Waals surface area contributed by atoms with Crippen LogP contribution in [0.25, 0.3) is 0 Å². The van der Waals surface area contributed by atoms with Gasteiger partial charge >= 0.3 is 7.37 Å². The van der Waals surface area contributed by atoms with Crippen LogP contribution in [-0.4, -0.2) is 11.1 Å². The van der Waals surface area contributed by atoms with Gasteiger partial charge < -0.3 is 4.52 Å². The number of non-ortho nitro benzene ring substituents is 1. The molecule has 7 nitrogen and oxygen atoms in total.